The second-order valence-corrected chi connectivity index (χ2v) is 6.32. The van der Waals surface area contributed by atoms with Gasteiger partial charge in [-0.3, -0.25) is 4.90 Å². The van der Waals surface area contributed by atoms with Gasteiger partial charge in [0.05, 0.1) is 11.4 Å². The Hall–Kier alpha value is -0.940. The van der Waals surface area contributed by atoms with Crippen LogP contribution in [0.15, 0.2) is 12.1 Å². The molecule has 2 aliphatic heterocycles. The quantitative estimate of drug-likeness (QED) is 0.919. The molecule has 5 heteroatoms. The zero-order chi connectivity index (χ0) is 13.2. The van der Waals surface area contributed by atoms with Crippen LogP contribution in [0.1, 0.15) is 25.1 Å². The first-order chi connectivity index (χ1) is 9.28. The Balaban J connectivity index is 1.74. The maximum atomic E-state index is 5.62. The van der Waals surface area contributed by atoms with E-state index >= 15 is 0 Å². The first-order valence-corrected chi connectivity index (χ1v) is 8.21. The third-order valence-electron chi connectivity index (χ3n) is 4.02. The maximum absolute atomic E-state index is 5.62. The van der Waals surface area contributed by atoms with Gasteiger partial charge in [-0.25, -0.2) is 4.98 Å². The summed E-state index contributed by atoms with van der Waals surface area (Å²) >= 11 is 1.97. The molecule has 3 rings (SSSR count). The second-order valence-electron chi connectivity index (χ2n) is 5.18. The molecule has 2 unspecified atom stereocenters. The van der Waals surface area contributed by atoms with Gasteiger partial charge >= 0.3 is 0 Å². The van der Waals surface area contributed by atoms with Crippen molar-refractivity contribution in [1.29, 1.82) is 0 Å². The average molecular weight is 279 g/mol. The minimum absolute atomic E-state index is 0.368. The lowest BCUT2D eigenvalue weighted by Crippen LogP contribution is -2.26. The molecule has 4 nitrogen and oxygen atoms in total. The summed E-state index contributed by atoms with van der Waals surface area (Å²) in [7, 11) is 0. The van der Waals surface area contributed by atoms with E-state index in [2.05, 4.69) is 40.5 Å². The number of nitrogens with one attached hydrogen (secondary N) is 1. The summed E-state index contributed by atoms with van der Waals surface area (Å²) in [5.74, 6) is 0.760. The summed E-state index contributed by atoms with van der Waals surface area (Å²) < 4.78 is 5.62. The molecule has 0 radical (unpaired) electrons. The highest BCUT2D eigenvalue weighted by Crippen LogP contribution is 2.31. The van der Waals surface area contributed by atoms with Crippen molar-refractivity contribution < 1.29 is 4.74 Å². The molecule has 0 amide bonds. The number of hydrogen-bond acceptors (Lipinski definition) is 5. The summed E-state index contributed by atoms with van der Waals surface area (Å²) in [5, 5.41) is 4.09. The van der Waals surface area contributed by atoms with Crippen LogP contribution in [-0.4, -0.2) is 47.6 Å². The van der Waals surface area contributed by atoms with Crippen molar-refractivity contribution in [1.82, 2.24) is 9.88 Å². The van der Waals surface area contributed by atoms with Crippen molar-refractivity contribution in [3.8, 4) is 5.88 Å². The Kier molecular flexibility index (Phi) is 3.84. The van der Waals surface area contributed by atoms with E-state index in [9.17, 15) is 0 Å². The predicted octanol–water partition coefficient (Wildman–Crippen LogP) is 2.38. The molecule has 1 aromatic heterocycles. The summed E-state index contributed by atoms with van der Waals surface area (Å²) in [5.41, 5.74) is 2.13. The third-order valence-corrected chi connectivity index (χ3v) is 5.08. The minimum atomic E-state index is 0.368. The monoisotopic (exact) mass is 279 g/mol. The SMILES string of the molecule is CSC1CCN(C(C)c2ccc3c(n2)OCCN3)C1. The standard InChI is InChI=1S/C14H21N3OS/c1-10(17-7-5-11(9-17)19-2)12-3-4-13-14(16-12)18-8-6-15-13/h3-4,10-11,15H,5-9H2,1-2H3. The van der Waals surface area contributed by atoms with Crippen LogP contribution in [0.25, 0.3) is 0 Å². The fourth-order valence-electron chi connectivity index (χ4n) is 2.75. The molecule has 1 fully saturated rings. The summed E-state index contributed by atoms with van der Waals surface area (Å²) in [6.45, 7) is 6.15. The maximum Gasteiger partial charge on any atom is 0.237 e. The molecule has 0 aromatic carbocycles. The van der Waals surface area contributed by atoms with Crippen LogP contribution in [0.3, 0.4) is 0 Å². The van der Waals surface area contributed by atoms with Gasteiger partial charge in [-0.05, 0) is 38.3 Å². The molecule has 0 spiro atoms. The first-order valence-electron chi connectivity index (χ1n) is 6.92. The Morgan fingerprint density at radius 1 is 1.53 bits per heavy atom. The van der Waals surface area contributed by atoms with Gasteiger partial charge < -0.3 is 10.1 Å². The van der Waals surface area contributed by atoms with E-state index < -0.39 is 0 Å². The number of thioether (sulfide) groups is 1. The molecule has 0 saturated carbocycles. The number of likely N-dealkylation sites (tertiary alicyclic amines) is 1. The number of anilines is 1. The zero-order valence-electron chi connectivity index (χ0n) is 11.6. The highest BCUT2D eigenvalue weighted by atomic mass is 32.2. The molecule has 3 heterocycles. The second kappa shape index (κ2) is 5.59. The molecule has 0 bridgehead atoms. The van der Waals surface area contributed by atoms with Crippen LogP contribution >= 0.6 is 11.8 Å². The smallest absolute Gasteiger partial charge is 0.237 e. The number of hydrogen-bond donors (Lipinski definition) is 1. The number of aromatic nitrogens is 1. The highest BCUT2D eigenvalue weighted by Gasteiger charge is 2.27. The molecule has 0 aliphatic carbocycles. The van der Waals surface area contributed by atoms with Gasteiger partial charge in [0.2, 0.25) is 5.88 Å². The van der Waals surface area contributed by atoms with Crippen molar-refractivity contribution >= 4 is 17.4 Å². The summed E-state index contributed by atoms with van der Waals surface area (Å²) in [6.07, 6.45) is 3.49. The van der Waals surface area contributed by atoms with E-state index in [0.717, 1.165) is 29.1 Å². The Morgan fingerprint density at radius 2 is 2.42 bits per heavy atom. The van der Waals surface area contributed by atoms with E-state index in [1.165, 1.54) is 19.5 Å². The van der Waals surface area contributed by atoms with E-state index in [1.54, 1.807) is 0 Å². The van der Waals surface area contributed by atoms with Gasteiger partial charge in [0.1, 0.15) is 6.61 Å². The lowest BCUT2D eigenvalue weighted by atomic mass is 10.2. The Morgan fingerprint density at radius 3 is 3.21 bits per heavy atom. The molecular weight excluding hydrogens is 258 g/mol. The number of pyridine rings is 1. The largest absolute Gasteiger partial charge is 0.474 e. The molecule has 2 atom stereocenters. The normalized spacial score (nSPS) is 24.4. The van der Waals surface area contributed by atoms with E-state index in [-0.39, 0.29) is 0 Å². The van der Waals surface area contributed by atoms with Crippen molar-refractivity contribution in [2.24, 2.45) is 0 Å². The number of fused-ring (bicyclic) bond motifs is 1. The Labute approximate surface area is 118 Å². The zero-order valence-corrected chi connectivity index (χ0v) is 12.4. The van der Waals surface area contributed by atoms with Gasteiger partial charge in [0.25, 0.3) is 0 Å². The molecule has 1 aromatic rings. The average Bonchev–Trinajstić information content (AvgIpc) is 2.95. The Bertz CT molecular complexity index is 454. The molecule has 19 heavy (non-hydrogen) atoms. The summed E-state index contributed by atoms with van der Waals surface area (Å²) in [6, 6.07) is 4.58. The van der Waals surface area contributed by atoms with Crippen LogP contribution in [0.4, 0.5) is 5.69 Å². The number of nitrogens with zero attached hydrogens (tertiary/aromatic N) is 2. The minimum Gasteiger partial charge on any atom is -0.474 e. The van der Waals surface area contributed by atoms with Crippen LogP contribution < -0.4 is 10.1 Å². The topological polar surface area (TPSA) is 37.4 Å². The predicted molar refractivity (Wildman–Crippen MR) is 80.1 cm³/mol. The van der Waals surface area contributed by atoms with E-state index in [1.807, 2.05) is 11.8 Å². The lowest BCUT2D eigenvalue weighted by Gasteiger charge is -2.25. The van der Waals surface area contributed by atoms with E-state index in [0.29, 0.717) is 12.6 Å². The molecular formula is C14H21N3OS. The van der Waals surface area contributed by atoms with Crippen LogP contribution in [0.5, 0.6) is 5.88 Å². The fraction of sp³-hybridized carbons (Fsp3) is 0.643. The molecule has 1 saturated heterocycles. The number of rotatable bonds is 3. The molecule has 104 valence electrons. The van der Waals surface area contributed by atoms with Crippen molar-refractivity contribution in [2.45, 2.75) is 24.6 Å². The van der Waals surface area contributed by atoms with Crippen molar-refractivity contribution in [2.75, 3.05) is 37.8 Å². The van der Waals surface area contributed by atoms with Crippen LogP contribution in [-0.2, 0) is 0 Å². The van der Waals surface area contributed by atoms with Gasteiger partial charge in [0.15, 0.2) is 0 Å². The molecule has 1 N–H and O–H groups in total. The summed E-state index contributed by atoms with van der Waals surface area (Å²) in [4.78, 5) is 7.20. The van der Waals surface area contributed by atoms with Crippen LogP contribution in [0, 0.1) is 0 Å². The van der Waals surface area contributed by atoms with Gasteiger partial charge in [-0.1, -0.05) is 0 Å². The molecule has 2 aliphatic rings. The van der Waals surface area contributed by atoms with Gasteiger partial charge in [-0.2, -0.15) is 11.8 Å². The highest BCUT2D eigenvalue weighted by molar-refractivity contribution is 7.99. The van der Waals surface area contributed by atoms with E-state index in [4.69, 9.17) is 4.74 Å². The van der Waals surface area contributed by atoms with Gasteiger partial charge in [-0.15, -0.1) is 0 Å². The fourth-order valence-corrected chi connectivity index (χ4v) is 3.43. The first kappa shape index (κ1) is 13.1. The third kappa shape index (κ3) is 2.67. The van der Waals surface area contributed by atoms with Crippen molar-refractivity contribution in [3.05, 3.63) is 17.8 Å². The van der Waals surface area contributed by atoms with Crippen molar-refractivity contribution in [3.63, 3.8) is 0 Å². The van der Waals surface area contributed by atoms with Gasteiger partial charge in [0, 0.05) is 24.4 Å². The lowest BCUT2D eigenvalue weighted by molar-refractivity contribution is 0.254. The van der Waals surface area contributed by atoms with Crippen LogP contribution in [0.2, 0.25) is 0 Å². The number of ether oxygens (including phenoxy) is 1.